The van der Waals surface area contributed by atoms with E-state index in [2.05, 4.69) is 34.2 Å². The summed E-state index contributed by atoms with van der Waals surface area (Å²) in [6.45, 7) is 2.08. The lowest BCUT2D eigenvalue weighted by molar-refractivity contribution is 0.685. The molecule has 0 aliphatic rings. The molecule has 84 valence electrons. The number of hydrogen-bond acceptors (Lipinski definition) is 4. The number of hydrogen-bond donors (Lipinski definition) is 2. The highest BCUT2D eigenvalue weighted by Crippen LogP contribution is 2.31. The molecule has 5 heteroatoms. The van der Waals surface area contributed by atoms with Crippen molar-refractivity contribution < 1.29 is 0 Å². The number of nitrogens with two attached hydrogens (primary N) is 1. The average molecular weight is 234 g/mol. The summed E-state index contributed by atoms with van der Waals surface area (Å²) in [7, 11) is 0. The van der Waals surface area contributed by atoms with Crippen molar-refractivity contribution in [1.82, 2.24) is 15.2 Å². The van der Waals surface area contributed by atoms with Gasteiger partial charge in [-0.15, -0.1) is 0 Å². The quantitative estimate of drug-likeness (QED) is 0.852. The molecule has 1 heterocycles. The average Bonchev–Trinajstić information content (AvgIpc) is 2.82. The molecular weight excluding hydrogens is 220 g/mol. The SMILES string of the molecule is CC[C@@H](N)c1ccccc1Sc1ncn[nH]1. The number of rotatable bonds is 4. The van der Waals surface area contributed by atoms with Crippen molar-refractivity contribution in [3.63, 3.8) is 0 Å². The monoisotopic (exact) mass is 234 g/mol. The number of nitrogens with zero attached hydrogens (tertiary/aromatic N) is 2. The van der Waals surface area contributed by atoms with Crippen LogP contribution in [0.4, 0.5) is 0 Å². The van der Waals surface area contributed by atoms with Gasteiger partial charge in [-0.05, 0) is 18.1 Å². The number of aromatic nitrogens is 3. The summed E-state index contributed by atoms with van der Waals surface area (Å²) in [5, 5.41) is 7.44. The van der Waals surface area contributed by atoms with Crippen LogP contribution in [0.25, 0.3) is 0 Å². The Morgan fingerprint density at radius 3 is 2.94 bits per heavy atom. The van der Waals surface area contributed by atoms with Crippen LogP contribution in [0.3, 0.4) is 0 Å². The minimum Gasteiger partial charge on any atom is -0.324 e. The van der Waals surface area contributed by atoms with Gasteiger partial charge in [0, 0.05) is 10.9 Å². The van der Waals surface area contributed by atoms with Gasteiger partial charge >= 0.3 is 0 Å². The van der Waals surface area contributed by atoms with Gasteiger partial charge in [0.2, 0.25) is 0 Å². The third-order valence-electron chi connectivity index (χ3n) is 2.36. The first-order valence-electron chi connectivity index (χ1n) is 5.19. The van der Waals surface area contributed by atoms with E-state index in [1.807, 2.05) is 12.1 Å². The summed E-state index contributed by atoms with van der Waals surface area (Å²) in [6.07, 6.45) is 2.43. The second-order valence-corrected chi connectivity index (χ2v) is 4.48. The van der Waals surface area contributed by atoms with Gasteiger partial charge in [0.25, 0.3) is 0 Å². The minimum atomic E-state index is 0.0756. The molecular formula is C11H14N4S. The standard InChI is InChI=1S/C11H14N4S/c1-2-9(12)8-5-3-4-6-10(8)16-11-13-7-14-15-11/h3-7,9H,2,12H2,1H3,(H,13,14,15)/t9-/m1/s1. The van der Waals surface area contributed by atoms with Crippen molar-refractivity contribution in [2.75, 3.05) is 0 Å². The second kappa shape index (κ2) is 5.14. The van der Waals surface area contributed by atoms with E-state index in [1.165, 1.54) is 6.33 Å². The zero-order chi connectivity index (χ0) is 11.4. The van der Waals surface area contributed by atoms with Crippen LogP contribution in [0.2, 0.25) is 0 Å². The first-order chi connectivity index (χ1) is 7.81. The molecule has 0 saturated heterocycles. The molecule has 1 aromatic carbocycles. The molecule has 0 aliphatic carbocycles. The molecule has 2 aromatic rings. The Morgan fingerprint density at radius 1 is 1.44 bits per heavy atom. The first kappa shape index (κ1) is 11.2. The number of nitrogens with one attached hydrogen (secondary N) is 1. The lowest BCUT2D eigenvalue weighted by Gasteiger charge is -2.13. The predicted molar refractivity (Wildman–Crippen MR) is 64.2 cm³/mol. The third-order valence-corrected chi connectivity index (χ3v) is 3.34. The maximum atomic E-state index is 6.06. The van der Waals surface area contributed by atoms with Gasteiger partial charge < -0.3 is 5.73 Å². The maximum Gasteiger partial charge on any atom is 0.188 e. The largest absolute Gasteiger partial charge is 0.324 e. The van der Waals surface area contributed by atoms with Gasteiger partial charge in [-0.25, -0.2) is 4.98 Å². The van der Waals surface area contributed by atoms with Crippen molar-refractivity contribution in [3.8, 4) is 0 Å². The van der Waals surface area contributed by atoms with Crippen LogP contribution in [-0.2, 0) is 0 Å². The second-order valence-electron chi connectivity index (χ2n) is 3.45. The van der Waals surface area contributed by atoms with E-state index >= 15 is 0 Å². The molecule has 0 amide bonds. The zero-order valence-electron chi connectivity index (χ0n) is 9.05. The van der Waals surface area contributed by atoms with Crippen LogP contribution in [0, 0.1) is 0 Å². The van der Waals surface area contributed by atoms with Gasteiger partial charge in [-0.3, -0.25) is 5.10 Å². The fourth-order valence-electron chi connectivity index (χ4n) is 1.45. The summed E-state index contributed by atoms with van der Waals surface area (Å²) < 4.78 is 0. The number of aromatic amines is 1. The van der Waals surface area contributed by atoms with Gasteiger partial charge in [-0.2, -0.15) is 5.10 Å². The van der Waals surface area contributed by atoms with Crippen molar-refractivity contribution in [1.29, 1.82) is 0 Å². The molecule has 0 bridgehead atoms. The van der Waals surface area contributed by atoms with Crippen LogP contribution in [0.5, 0.6) is 0 Å². The topological polar surface area (TPSA) is 67.6 Å². The van der Waals surface area contributed by atoms with Crippen LogP contribution in [-0.4, -0.2) is 15.2 Å². The van der Waals surface area contributed by atoms with Crippen LogP contribution in [0.15, 0.2) is 40.6 Å². The smallest absolute Gasteiger partial charge is 0.188 e. The molecule has 0 spiro atoms. The van der Waals surface area contributed by atoms with E-state index in [0.717, 1.165) is 22.0 Å². The van der Waals surface area contributed by atoms with Crippen molar-refractivity contribution in [3.05, 3.63) is 36.2 Å². The molecule has 16 heavy (non-hydrogen) atoms. The molecule has 0 fully saturated rings. The van der Waals surface area contributed by atoms with Crippen molar-refractivity contribution in [2.45, 2.75) is 29.4 Å². The fraction of sp³-hybridized carbons (Fsp3) is 0.273. The summed E-state index contributed by atoms with van der Waals surface area (Å²) in [5.74, 6) is 0. The molecule has 1 atom stereocenters. The van der Waals surface area contributed by atoms with E-state index in [4.69, 9.17) is 5.73 Å². The fourth-order valence-corrected chi connectivity index (χ4v) is 2.34. The third kappa shape index (κ3) is 2.43. The highest BCUT2D eigenvalue weighted by Gasteiger charge is 2.10. The molecule has 0 unspecified atom stereocenters. The van der Waals surface area contributed by atoms with Gasteiger partial charge in [0.1, 0.15) is 6.33 Å². The van der Waals surface area contributed by atoms with Crippen molar-refractivity contribution >= 4 is 11.8 Å². The Kier molecular flexibility index (Phi) is 3.58. The minimum absolute atomic E-state index is 0.0756. The molecule has 4 nitrogen and oxygen atoms in total. The Bertz CT molecular complexity index is 441. The lowest BCUT2D eigenvalue weighted by atomic mass is 10.1. The molecule has 0 radical (unpaired) electrons. The Morgan fingerprint density at radius 2 is 2.25 bits per heavy atom. The highest BCUT2D eigenvalue weighted by atomic mass is 32.2. The Balaban J connectivity index is 2.26. The molecule has 2 rings (SSSR count). The summed E-state index contributed by atoms with van der Waals surface area (Å²) in [4.78, 5) is 5.23. The summed E-state index contributed by atoms with van der Waals surface area (Å²) >= 11 is 1.56. The Labute approximate surface area is 98.7 Å². The molecule has 0 saturated carbocycles. The first-order valence-corrected chi connectivity index (χ1v) is 6.00. The van der Waals surface area contributed by atoms with Crippen LogP contribution in [0.1, 0.15) is 24.9 Å². The van der Waals surface area contributed by atoms with E-state index in [1.54, 1.807) is 11.8 Å². The van der Waals surface area contributed by atoms with Gasteiger partial charge in [-0.1, -0.05) is 36.9 Å². The normalized spacial score (nSPS) is 12.6. The predicted octanol–water partition coefficient (Wildman–Crippen LogP) is 2.37. The summed E-state index contributed by atoms with van der Waals surface area (Å²) in [5.41, 5.74) is 7.22. The highest BCUT2D eigenvalue weighted by molar-refractivity contribution is 7.99. The number of benzene rings is 1. The molecule has 0 aliphatic heterocycles. The van der Waals surface area contributed by atoms with E-state index in [-0.39, 0.29) is 6.04 Å². The van der Waals surface area contributed by atoms with Gasteiger partial charge in [0.05, 0.1) is 0 Å². The van der Waals surface area contributed by atoms with Crippen LogP contribution < -0.4 is 5.73 Å². The van der Waals surface area contributed by atoms with Gasteiger partial charge in [0.15, 0.2) is 5.16 Å². The number of H-pyrrole nitrogens is 1. The van der Waals surface area contributed by atoms with Crippen molar-refractivity contribution in [2.24, 2.45) is 5.73 Å². The lowest BCUT2D eigenvalue weighted by Crippen LogP contribution is -2.09. The van der Waals surface area contributed by atoms with E-state index in [9.17, 15) is 0 Å². The zero-order valence-corrected chi connectivity index (χ0v) is 9.87. The maximum absolute atomic E-state index is 6.06. The summed E-state index contributed by atoms with van der Waals surface area (Å²) in [6, 6.07) is 8.21. The van der Waals surface area contributed by atoms with Crippen LogP contribution >= 0.6 is 11.8 Å². The molecule has 1 aromatic heterocycles. The Hall–Kier alpha value is -1.33. The van der Waals surface area contributed by atoms with E-state index < -0.39 is 0 Å². The molecule has 3 N–H and O–H groups in total. The van der Waals surface area contributed by atoms with E-state index in [0.29, 0.717) is 0 Å².